The molecule has 4 aromatic rings. The zero-order valence-corrected chi connectivity index (χ0v) is 14.2. The lowest BCUT2D eigenvalue weighted by Crippen LogP contribution is -2.12. The van der Waals surface area contributed by atoms with Crippen LogP contribution in [0.5, 0.6) is 0 Å². The number of carbonyl (C=O) groups is 1. The minimum Gasteiger partial charge on any atom is -0.320 e. The lowest BCUT2D eigenvalue weighted by Gasteiger charge is -2.09. The summed E-state index contributed by atoms with van der Waals surface area (Å²) in [6.07, 6.45) is 2.54. The van der Waals surface area contributed by atoms with Crippen LogP contribution < -0.4 is 5.32 Å². The molecule has 1 aromatic heterocycles. The molecule has 0 saturated carbocycles. The van der Waals surface area contributed by atoms with E-state index in [0.29, 0.717) is 5.56 Å². The number of nitrogens with zero attached hydrogens (tertiary/aromatic N) is 1. The van der Waals surface area contributed by atoms with E-state index in [-0.39, 0.29) is 5.91 Å². The zero-order chi connectivity index (χ0) is 17.8. The molecule has 26 heavy (non-hydrogen) atoms. The van der Waals surface area contributed by atoms with Crippen LogP contribution >= 0.6 is 0 Å². The summed E-state index contributed by atoms with van der Waals surface area (Å²) in [5, 5.41) is 3.99. The molecule has 0 spiro atoms. The number of fused-ring (bicyclic) bond motifs is 1. The van der Waals surface area contributed by atoms with Crippen molar-refractivity contribution in [2.24, 2.45) is 0 Å². The van der Waals surface area contributed by atoms with Gasteiger partial charge in [0, 0.05) is 17.1 Å². The van der Waals surface area contributed by atoms with Crippen LogP contribution in [-0.4, -0.2) is 10.9 Å². The molecule has 1 N–H and O–H groups in total. The Labute approximate surface area is 152 Å². The molecule has 0 fully saturated rings. The Hall–Kier alpha value is -3.46. The van der Waals surface area contributed by atoms with Gasteiger partial charge in [0.2, 0.25) is 0 Å². The van der Waals surface area contributed by atoms with Crippen LogP contribution in [0.1, 0.15) is 21.5 Å². The average Bonchev–Trinajstić information content (AvgIpc) is 2.69. The molecule has 0 radical (unpaired) electrons. The first-order chi connectivity index (χ1) is 12.8. The largest absolute Gasteiger partial charge is 0.320 e. The second-order valence-corrected chi connectivity index (χ2v) is 6.20. The smallest absolute Gasteiger partial charge is 0.255 e. The maximum atomic E-state index is 12.7. The van der Waals surface area contributed by atoms with E-state index in [4.69, 9.17) is 0 Å². The zero-order valence-electron chi connectivity index (χ0n) is 14.2. The van der Waals surface area contributed by atoms with E-state index in [1.807, 2.05) is 72.8 Å². The van der Waals surface area contributed by atoms with Crippen molar-refractivity contribution in [1.82, 2.24) is 4.98 Å². The highest BCUT2D eigenvalue weighted by atomic mass is 16.1. The number of hydrogen-bond donors (Lipinski definition) is 1. The van der Waals surface area contributed by atoms with Gasteiger partial charge in [-0.15, -0.1) is 0 Å². The third kappa shape index (κ3) is 3.47. The van der Waals surface area contributed by atoms with Crippen molar-refractivity contribution >= 4 is 22.5 Å². The second kappa shape index (κ2) is 7.19. The predicted molar refractivity (Wildman–Crippen MR) is 105 cm³/mol. The van der Waals surface area contributed by atoms with Crippen molar-refractivity contribution in [1.29, 1.82) is 0 Å². The van der Waals surface area contributed by atoms with Crippen molar-refractivity contribution in [3.8, 4) is 0 Å². The van der Waals surface area contributed by atoms with Gasteiger partial charge >= 0.3 is 0 Å². The maximum Gasteiger partial charge on any atom is 0.255 e. The maximum absolute atomic E-state index is 12.7. The molecule has 0 aliphatic carbocycles. The minimum atomic E-state index is -0.127. The van der Waals surface area contributed by atoms with Gasteiger partial charge in [0.25, 0.3) is 5.91 Å². The van der Waals surface area contributed by atoms with Gasteiger partial charge in [-0.3, -0.25) is 9.78 Å². The Morgan fingerprint density at radius 3 is 2.46 bits per heavy atom. The highest BCUT2D eigenvalue weighted by Gasteiger charge is 2.10. The summed E-state index contributed by atoms with van der Waals surface area (Å²) in [6.45, 7) is 0. The molecule has 0 saturated heterocycles. The molecule has 0 aliphatic heterocycles. The van der Waals surface area contributed by atoms with Crippen molar-refractivity contribution in [2.45, 2.75) is 6.42 Å². The SMILES string of the molecule is O=C(Nc1cccc2cccnc12)c1cccc(Cc2ccccc2)c1. The standard InChI is InChI=1S/C23H18N2O/c26-23(25-21-13-5-10-19-12-6-14-24-22(19)21)20-11-4-9-18(16-20)15-17-7-2-1-3-8-17/h1-14,16H,15H2,(H,25,26). The number of rotatable bonds is 4. The van der Waals surface area contributed by atoms with Gasteiger partial charge in [0.05, 0.1) is 11.2 Å². The molecule has 0 aliphatic rings. The predicted octanol–water partition coefficient (Wildman–Crippen LogP) is 5.08. The summed E-state index contributed by atoms with van der Waals surface area (Å²) in [7, 11) is 0. The van der Waals surface area contributed by atoms with Gasteiger partial charge < -0.3 is 5.32 Å². The van der Waals surface area contributed by atoms with Crippen LogP contribution in [0, 0.1) is 0 Å². The topological polar surface area (TPSA) is 42.0 Å². The highest BCUT2D eigenvalue weighted by Crippen LogP contribution is 2.21. The molecule has 0 bridgehead atoms. The summed E-state index contributed by atoms with van der Waals surface area (Å²) in [6, 6.07) is 27.7. The summed E-state index contributed by atoms with van der Waals surface area (Å²) < 4.78 is 0. The van der Waals surface area contributed by atoms with Crippen LogP contribution in [0.4, 0.5) is 5.69 Å². The lowest BCUT2D eigenvalue weighted by atomic mass is 10.0. The molecule has 3 heteroatoms. The number of para-hydroxylation sites is 1. The minimum absolute atomic E-state index is 0.127. The van der Waals surface area contributed by atoms with E-state index in [1.165, 1.54) is 5.56 Å². The van der Waals surface area contributed by atoms with Crippen LogP contribution in [-0.2, 0) is 6.42 Å². The summed E-state index contributed by atoms with van der Waals surface area (Å²) in [5.74, 6) is -0.127. The monoisotopic (exact) mass is 338 g/mol. The van der Waals surface area contributed by atoms with Crippen LogP contribution in [0.3, 0.4) is 0 Å². The Balaban J connectivity index is 1.57. The van der Waals surface area contributed by atoms with Crippen LogP contribution in [0.15, 0.2) is 91.1 Å². The molecule has 4 rings (SSSR count). The molecule has 1 heterocycles. The highest BCUT2D eigenvalue weighted by molar-refractivity contribution is 6.08. The van der Waals surface area contributed by atoms with Gasteiger partial charge in [-0.1, -0.05) is 60.7 Å². The van der Waals surface area contributed by atoms with Crippen molar-refractivity contribution in [3.63, 3.8) is 0 Å². The Bertz CT molecular complexity index is 1050. The van der Waals surface area contributed by atoms with E-state index in [2.05, 4.69) is 22.4 Å². The Morgan fingerprint density at radius 2 is 1.58 bits per heavy atom. The van der Waals surface area contributed by atoms with E-state index in [0.717, 1.165) is 28.6 Å². The average molecular weight is 338 g/mol. The second-order valence-electron chi connectivity index (χ2n) is 6.20. The fourth-order valence-corrected chi connectivity index (χ4v) is 3.05. The van der Waals surface area contributed by atoms with E-state index >= 15 is 0 Å². The van der Waals surface area contributed by atoms with Crippen LogP contribution in [0.2, 0.25) is 0 Å². The summed E-state index contributed by atoms with van der Waals surface area (Å²) in [4.78, 5) is 17.1. The number of aromatic nitrogens is 1. The number of benzene rings is 3. The molecule has 3 nitrogen and oxygen atoms in total. The number of anilines is 1. The van der Waals surface area contributed by atoms with Crippen LogP contribution in [0.25, 0.3) is 10.9 Å². The van der Waals surface area contributed by atoms with E-state index in [1.54, 1.807) is 6.20 Å². The number of carbonyl (C=O) groups excluding carboxylic acids is 1. The Morgan fingerprint density at radius 1 is 0.808 bits per heavy atom. The normalized spacial score (nSPS) is 10.6. The Kier molecular flexibility index (Phi) is 4.44. The first kappa shape index (κ1) is 16.0. The molecule has 1 amide bonds. The van der Waals surface area contributed by atoms with Gasteiger partial charge in [0.1, 0.15) is 0 Å². The lowest BCUT2D eigenvalue weighted by molar-refractivity contribution is 0.102. The first-order valence-electron chi connectivity index (χ1n) is 8.57. The molecule has 3 aromatic carbocycles. The summed E-state index contributed by atoms with van der Waals surface area (Å²) >= 11 is 0. The molecule has 0 unspecified atom stereocenters. The molecule has 0 atom stereocenters. The number of pyridine rings is 1. The molecular formula is C23H18N2O. The first-order valence-corrected chi connectivity index (χ1v) is 8.57. The number of hydrogen-bond acceptors (Lipinski definition) is 2. The van der Waals surface area contributed by atoms with E-state index < -0.39 is 0 Å². The quantitative estimate of drug-likeness (QED) is 0.564. The van der Waals surface area contributed by atoms with E-state index in [9.17, 15) is 4.79 Å². The number of amides is 1. The molecular weight excluding hydrogens is 320 g/mol. The summed E-state index contributed by atoms with van der Waals surface area (Å²) in [5.41, 5.74) is 4.50. The number of nitrogens with one attached hydrogen (secondary N) is 1. The van der Waals surface area contributed by atoms with Gasteiger partial charge in [0.15, 0.2) is 0 Å². The molecule has 126 valence electrons. The fraction of sp³-hybridized carbons (Fsp3) is 0.0435. The third-order valence-electron chi connectivity index (χ3n) is 4.32. The van der Waals surface area contributed by atoms with Crippen molar-refractivity contribution in [3.05, 3.63) is 108 Å². The van der Waals surface area contributed by atoms with Gasteiger partial charge in [-0.2, -0.15) is 0 Å². The fourth-order valence-electron chi connectivity index (χ4n) is 3.05. The van der Waals surface area contributed by atoms with Gasteiger partial charge in [-0.25, -0.2) is 0 Å². The van der Waals surface area contributed by atoms with Crippen molar-refractivity contribution in [2.75, 3.05) is 5.32 Å². The van der Waals surface area contributed by atoms with Gasteiger partial charge in [-0.05, 0) is 41.8 Å². The van der Waals surface area contributed by atoms with Crippen molar-refractivity contribution < 1.29 is 4.79 Å². The third-order valence-corrected chi connectivity index (χ3v) is 4.32.